The second kappa shape index (κ2) is 6.77. The molecule has 0 atom stereocenters. The lowest BCUT2D eigenvalue weighted by Gasteiger charge is -2.06. The van der Waals surface area contributed by atoms with Crippen LogP contribution in [-0.4, -0.2) is 18.7 Å². The minimum Gasteiger partial charge on any atom is -0.484 e. The van der Waals surface area contributed by atoms with Crippen molar-refractivity contribution in [3.05, 3.63) is 52.9 Å². The van der Waals surface area contributed by atoms with Crippen molar-refractivity contribution in [3.63, 3.8) is 0 Å². The van der Waals surface area contributed by atoms with Crippen LogP contribution in [0.1, 0.15) is 11.3 Å². The standard InChI is InChI=1S/C14H13ClN2O3/c1-10-7-11(4-5-13(10)15)20-9-14(18)17-16-8-12-3-2-6-19-12/h2-8H,9H2,1H3,(H,17,18). The lowest BCUT2D eigenvalue weighted by atomic mass is 10.2. The number of hydrazone groups is 1. The average molecular weight is 293 g/mol. The zero-order chi connectivity index (χ0) is 14.4. The van der Waals surface area contributed by atoms with Gasteiger partial charge in [-0.1, -0.05) is 11.6 Å². The number of aryl methyl sites for hydroxylation is 1. The van der Waals surface area contributed by atoms with Gasteiger partial charge in [0.1, 0.15) is 11.5 Å². The van der Waals surface area contributed by atoms with Gasteiger partial charge in [-0.05, 0) is 42.8 Å². The number of amides is 1. The number of nitrogens with one attached hydrogen (secondary N) is 1. The molecular weight excluding hydrogens is 280 g/mol. The Morgan fingerprint density at radius 3 is 3.05 bits per heavy atom. The molecule has 1 aromatic carbocycles. The van der Waals surface area contributed by atoms with E-state index in [1.54, 1.807) is 30.3 Å². The third kappa shape index (κ3) is 4.13. The number of hydrogen-bond acceptors (Lipinski definition) is 4. The lowest BCUT2D eigenvalue weighted by molar-refractivity contribution is -0.123. The summed E-state index contributed by atoms with van der Waals surface area (Å²) in [5.41, 5.74) is 3.23. The molecule has 1 aromatic heterocycles. The zero-order valence-electron chi connectivity index (χ0n) is 10.8. The van der Waals surface area contributed by atoms with E-state index in [0.717, 1.165) is 5.56 Å². The van der Waals surface area contributed by atoms with E-state index < -0.39 is 0 Å². The van der Waals surface area contributed by atoms with Gasteiger partial charge in [-0.15, -0.1) is 0 Å². The van der Waals surface area contributed by atoms with Crippen molar-refractivity contribution >= 4 is 23.7 Å². The minimum absolute atomic E-state index is 0.128. The predicted octanol–water partition coefficient (Wildman–Crippen LogP) is 2.77. The fourth-order valence-electron chi connectivity index (χ4n) is 1.42. The van der Waals surface area contributed by atoms with Crippen LogP contribution in [-0.2, 0) is 4.79 Å². The highest BCUT2D eigenvalue weighted by Crippen LogP contribution is 2.20. The molecule has 0 bridgehead atoms. The Balaban J connectivity index is 1.78. The first-order valence-corrected chi connectivity index (χ1v) is 6.27. The summed E-state index contributed by atoms with van der Waals surface area (Å²) in [6.45, 7) is 1.74. The maximum absolute atomic E-state index is 11.5. The van der Waals surface area contributed by atoms with Crippen molar-refractivity contribution in [3.8, 4) is 5.75 Å². The lowest BCUT2D eigenvalue weighted by Crippen LogP contribution is -2.24. The Kier molecular flexibility index (Phi) is 4.79. The summed E-state index contributed by atoms with van der Waals surface area (Å²) in [4.78, 5) is 11.5. The quantitative estimate of drug-likeness (QED) is 0.681. The van der Waals surface area contributed by atoms with Crippen molar-refractivity contribution in [1.82, 2.24) is 5.43 Å². The molecule has 2 rings (SSSR count). The summed E-state index contributed by atoms with van der Waals surface area (Å²) in [5.74, 6) is 0.775. The third-order valence-electron chi connectivity index (χ3n) is 2.42. The highest BCUT2D eigenvalue weighted by molar-refractivity contribution is 6.31. The maximum Gasteiger partial charge on any atom is 0.277 e. The van der Waals surface area contributed by atoms with Crippen molar-refractivity contribution in [2.45, 2.75) is 6.92 Å². The number of benzene rings is 1. The van der Waals surface area contributed by atoms with E-state index in [1.807, 2.05) is 6.92 Å². The summed E-state index contributed by atoms with van der Waals surface area (Å²) >= 11 is 5.90. The topological polar surface area (TPSA) is 63.8 Å². The smallest absolute Gasteiger partial charge is 0.277 e. The van der Waals surface area contributed by atoms with Gasteiger partial charge in [0.2, 0.25) is 0 Å². The van der Waals surface area contributed by atoms with E-state index in [-0.39, 0.29) is 12.5 Å². The molecule has 0 spiro atoms. The fourth-order valence-corrected chi connectivity index (χ4v) is 1.54. The SMILES string of the molecule is Cc1cc(OCC(=O)NN=Cc2ccco2)ccc1Cl. The van der Waals surface area contributed by atoms with Gasteiger partial charge in [0, 0.05) is 5.02 Å². The second-order valence-electron chi connectivity index (χ2n) is 4.01. The van der Waals surface area contributed by atoms with E-state index in [9.17, 15) is 4.79 Å². The Bertz CT molecular complexity index is 609. The largest absolute Gasteiger partial charge is 0.484 e. The van der Waals surface area contributed by atoms with Crippen LogP contribution in [0.15, 0.2) is 46.1 Å². The summed E-state index contributed by atoms with van der Waals surface area (Å²) in [7, 11) is 0. The first-order valence-electron chi connectivity index (χ1n) is 5.89. The number of carbonyl (C=O) groups excluding carboxylic acids is 1. The number of furan rings is 1. The van der Waals surface area contributed by atoms with Crippen LogP contribution < -0.4 is 10.2 Å². The number of carbonyl (C=O) groups is 1. The Morgan fingerprint density at radius 2 is 2.35 bits per heavy atom. The van der Waals surface area contributed by atoms with Crippen LogP contribution in [0.5, 0.6) is 5.75 Å². The van der Waals surface area contributed by atoms with E-state index in [0.29, 0.717) is 16.5 Å². The van der Waals surface area contributed by atoms with Crippen LogP contribution in [0, 0.1) is 6.92 Å². The molecule has 0 aliphatic carbocycles. The number of rotatable bonds is 5. The molecule has 0 radical (unpaired) electrons. The van der Waals surface area contributed by atoms with Crippen molar-refractivity contribution in [2.24, 2.45) is 5.10 Å². The van der Waals surface area contributed by atoms with Crippen LogP contribution in [0.25, 0.3) is 0 Å². The Morgan fingerprint density at radius 1 is 1.50 bits per heavy atom. The van der Waals surface area contributed by atoms with Crippen molar-refractivity contribution < 1.29 is 13.9 Å². The van der Waals surface area contributed by atoms with Gasteiger partial charge in [0.25, 0.3) is 5.91 Å². The van der Waals surface area contributed by atoms with Gasteiger partial charge < -0.3 is 9.15 Å². The second-order valence-corrected chi connectivity index (χ2v) is 4.42. The summed E-state index contributed by atoms with van der Waals surface area (Å²) in [6.07, 6.45) is 2.93. The molecule has 0 aliphatic heterocycles. The van der Waals surface area contributed by atoms with E-state index >= 15 is 0 Å². The monoisotopic (exact) mass is 292 g/mol. The van der Waals surface area contributed by atoms with Gasteiger partial charge in [-0.2, -0.15) is 5.10 Å². The molecule has 0 saturated heterocycles. The number of ether oxygens (including phenoxy) is 1. The van der Waals surface area contributed by atoms with Crippen LogP contribution >= 0.6 is 11.6 Å². The maximum atomic E-state index is 11.5. The molecule has 2 aromatic rings. The summed E-state index contributed by atoms with van der Waals surface area (Å²) in [5, 5.41) is 4.40. The molecule has 104 valence electrons. The molecule has 5 nitrogen and oxygen atoms in total. The Hall–Kier alpha value is -2.27. The van der Waals surface area contributed by atoms with Crippen molar-refractivity contribution in [2.75, 3.05) is 6.61 Å². The van der Waals surface area contributed by atoms with Gasteiger partial charge in [-0.25, -0.2) is 5.43 Å². The average Bonchev–Trinajstić information content (AvgIpc) is 2.93. The van der Waals surface area contributed by atoms with Gasteiger partial charge in [-0.3, -0.25) is 4.79 Å². The first-order chi connectivity index (χ1) is 9.65. The fraction of sp³-hybridized carbons (Fsp3) is 0.143. The van der Waals surface area contributed by atoms with Crippen LogP contribution in [0.4, 0.5) is 0 Å². The molecular formula is C14H13ClN2O3. The molecule has 6 heteroatoms. The molecule has 20 heavy (non-hydrogen) atoms. The Labute approximate surface area is 121 Å². The zero-order valence-corrected chi connectivity index (χ0v) is 11.6. The van der Waals surface area contributed by atoms with Gasteiger partial charge >= 0.3 is 0 Å². The van der Waals surface area contributed by atoms with E-state index in [2.05, 4.69) is 10.5 Å². The molecule has 0 aliphatic rings. The van der Waals surface area contributed by atoms with Crippen LogP contribution in [0.3, 0.4) is 0 Å². The number of hydrogen-bond donors (Lipinski definition) is 1. The highest BCUT2D eigenvalue weighted by Gasteiger charge is 2.03. The predicted molar refractivity (Wildman–Crippen MR) is 76.1 cm³/mol. The molecule has 1 N–H and O–H groups in total. The van der Waals surface area contributed by atoms with Gasteiger partial charge in [0.15, 0.2) is 6.61 Å². The van der Waals surface area contributed by atoms with E-state index in [1.165, 1.54) is 12.5 Å². The summed E-state index contributed by atoms with van der Waals surface area (Å²) < 4.78 is 10.3. The molecule has 0 fully saturated rings. The van der Waals surface area contributed by atoms with Crippen LogP contribution in [0.2, 0.25) is 5.02 Å². The molecule has 0 unspecified atom stereocenters. The molecule has 1 amide bonds. The first kappa shape index (κ1) is 14.1. The summed E-state index contributed by atoms with van der Waals surface area (Å²) in [6, 6.07) is 8.65. The minimum atomic E-state index is -0.361. The third-order valence-corrected chi connectivity index (χ3v) is 2.85. The van der Waals surface area contributed by atoms with Crippen molar-refractivity contribution in [1.29, 1.82) is 0 Å². The number of halogens is 1. The molecule has 0 saturated carbocycles. The van der Waals surface area contributed by atoms with E-state index in [4.69, 9.17) is 20.8 Å². The highest BCUT2D eigenvalue weighted by atomic mass is 35.5. The van der Waals surface area contributed by atoms with Gasteiger partial charge in [0.05, 0.1) is 12.5 Å². The normalized spacial score (nSPS) is 10.7. The number of nitrogens with zero attached hydrogens (tertiary/aromatic N) is 1. The molecule has 1 heterocycles.